The van der Waals surface area contributed by atoms with E-state index < -0.39 is 6.23 Å². The van der Waals surface area contributed by atoms with Gasteiger partial charge in [0.1, 0.15) is 6.23 Å². The molecule has 2 aromatic rings. The highest BCUT2D eigenvalue weighted by molar-refractivity contribution is 5.40. The van der Waals surface area contributed by atoms with Crippen LogP contribution in [0.15, 0.2) is 48.5 Å². The van der Waals surface area contributed by atoms with Crippen molar-refractivity contribution < 1.29 is 15.3 Å². The minimum absolute atomic E-state index is 0.152. The van der Waals surface area contributed by atoms with E-state index in [1.165, 1.54) is 12.1 Å². The highest BCUT2D eigenvalue weighted by Crippen LogP contribution is 2.25. The highest BCUT2D eigenvalue weighted by atomic mass is 16.3. The van der Waals surface area contributed by atoms with Crippen molar-refractivity contribution in [2.45, 2.75) is 19.2 Å². The molecule has 4 heteroatoms. The van der Waals surface area contributed by atoms with Crippen molar-refractivity contribution in [3.8, 4) is 11.5 Å². The van der Waals surface area contributed by atoms with Crippen LogP contribution in [0.4, 0.5) is 0 Å². The van der Waals surface area contributed by atoms with Gasteiger partial charge in [0.25, 0.3) is 0 Å². The van der Waals surface area contributed by atoms with Crippen LogP contribution in [0.5, 0.6) is 11.5 Å². The molecule has 3 N–H and O–H groups in total. The van der Waals surface area contributed by atoms with E-state index in [2.05, 4.69) is 0 Å². The van der Waals surface area contributed by atoms with Gasteiger partial charge in [-0.3, -0.25) is 4.90 Å². The molecule has 106 valence electrons. The first-order chi connectivity index (χ1) is 9.56. The van der Waals surface area contributed by atoms with Gasteiger partial charge < -0.3 is 15.3 Å². The first-order valence-electron chi connectivity index (χ1n) is 6.49. The van der Waals surface area contributed by atoms with E-state index in [0.717, 1.165) is 11.1 Å². The lowest BCUT2D eigenvalue weighted by atomic mass is 10.1. The average Bonchev–Trinajstić information content (AvgIpc) is 2.44. The van der Waals surface area contributed by atoms with Crippen molar-refractivity contribution in [3.63, 3.8) is 0 Å². The summed E-state index contributed by atoms with van der Waals surface area (Å²) in [5.41, 5.74) is 1.90. The maximum absolute atomic E-state index is 10.2. The number of hydrogen-bond donors (Lipinski definition) is 3. The summed E-state index contributed by atoms with van der Waals surface area (Å²) in [6.45, 7) is 0.645. The Hall–Kier alpha value is -2.04. The number of rotatable bonds is 5. The second-order valence-electron chi connectivity index (χ2n) is 4.91. The number of hydrogen-bond acceptors (Lipinski definition) is 4. The number of aliphatic hydroxyl groups excluding tert-OH is 1. The Morgan fingerprint density at radius 1 is 0.950 bits per heavy atom. The standard InChI is InChI=1S/C16H19NO3/c1-17(11-12-5-3-2-4-6-12)16(20)10-13-7-8-14(18)15(19)9-13/h2-9,16,18-20H,10-11H2,1H3. The van der Waals surface area contributed by atoms with E-state index in [0.29, 0.717) is 13.0 Å². The molecule has 1 atom stereocenters. The van der Waals surface area contributed by atoms with Gasteiger partial charge in [-0.15, -0.1) is 0 Å². The van der Waals surface area contributed by atoms with Crippen LogP contribution in [0.1, 0.15) is 11.1 Å². The Morgan fingerprint density at radius 3 is 2.30 bits per heavy atom. The zero-order valence-corrected chi connectivity index (χ0v) is 11.4. The van der Waals surface area contributed by atoms with Crippen LogP contribution in [-0.2, 0) is 13.0 Å². The number of benzene rings is 2. The van der Waals surface area contributed by atoms with Crippen LogP contribution in [0, 0.1) is 0 Å². The minimum Gasteiger partial charge on any atom is -0.504 e. The molecule has 0 aliphatic rings. The minimum atomic E-state index is -0.654. The highest BCUT2D eigenvalue weighted by Gasteiger charge is 2.13. The van der Waals surface area contributed by atoms with Crippen molar-refractivity contribution in [1.29, 1.82) is 0 Å². The number of phenolic OH excluding ortho intramolecular Hbond substituents is 2. The van der Waals surface area contributed by atoms with Crippen LogP contribution < -0.4 is 0 Å². The summed E-state index contributed by atoms with van der Waals surface area (Å²) in [5, 5.41) is 28.9. The quantitative estimate of drug-likeness (QED) is 0.576. The fourth-order valence-electron chi connectivity index (χ4n) is 2.04. The molecule has 0 heterocycles. The van der Waals surface area contributed by atoms with Crippen LogP contribution in [0.2, 0.25) is 0 Å². The van der Waals surface area contributed by atoms with E-state index in [1.54, 1.807) is 6.07 Å². The second-order valence-corrected chi connectivity index (χ2v) is 4.91. The van der Waals surface area contributed by atoms with E-state index in [1.807, 2.05) is 42.3 Å². The molecule has 0 fully saturated rings. The van der Waals surface area contributed by atoms with E-state index in [4.69, 9.17) is 0 Å². The first kappa shape index (κ1) is 14.4. The number of aliphatic hydroxyl groups is 1. The van der Waals surface area contributed by atoms with Crippen molar-refractivity contribution >= 4 is 0 Å². The summed E-state index contributed by atoms with van der Waals surface area (Å²) >= 11 is 0. The summed E-state index contributed by atoms with van der Waals surface area (Å²) in [5.74, 6) is -0.318. The van der Waals surface area contributed by atoms with Crippen molar-refractivity contribution in [1.82, 2.24) is 4.90 Å². The molecule has 0 aromatic heterocycles. The summed E-state index contributed by atoms with van der Waals surface area (Å²) < 4.78 is 0. The van der Waals surface area contributed by atoms with Crippen molar-refractivity contribution in [3.05, 3.63) is 59.7 Å². The van der Waals surface area contributed by atoms with Crippen molar-refractivity contribution in [2.75, 3.05) is 7.05 Å². The zero-order valence-electron chi connectivity index (χ0n) is 11.4. The van der Waals surface area contributed by atoms with Crippen LogP contribution in [0.25, 0.3) is 0 Å². The van der Waals surface area contributed by atoms with Crippen molar-refractivity contribution in [2.24, 2.45) is 0 Å². The molecule has 0 aliphatic carbocycles. The Balaban J connectivity index is 1.96. The summed E-state index contributed by atoms with van der Waals surface area (Å²) in [6, 6.07) is 14.5. The van der Waals surface area contributed by atoms with E-state index in [9.17, 15) is 15.3 Å². The van der Waals surface area contributed by atoms with Gasteiger partial charge >= 0.3 is 0 Å². The fraction of sp³-hybridized carbons (Fsp3) is 0.250. The number of likely N-dealkylation sites (N-methyl/N-ethyl adjacent to an activating group) is 1. The number of phenols is 2. The lowest BCUT2D eigenvalue weighted by molar-refractivity contribution is 0.0175. The van der Waals surface area contributed by atoms with Gasteiger partial charge in [0.15, 0.2) is 11.5 Å². The third-order valence-corrected chi connectivity index (χ3v) is 3.24. The molecule has 0 saturated carbocycles. The van der Waals surface area contributed by atoms with E-state index in [-0.39, 0.29) is 11.5 Å². The zero-order chi connectivity index (χ0) is 14.5. The number of aromatic hydroxyl groups is 2. The molecule has 0 saturated heterocycles. The Kier molecular flexibility index (Phi) is 4.61. The lowest BCUT2D eigenvalue weighted by Gasteiger charge is -2.23. The van der Waals surface area contributed by atoms with Gasteiger partial charge in [-0.2, -0.15) is 0 Å². The second kappa shape index (κ2) is 6.41. The predicted molar refractivity (Wildman–Crippen MR) is 77.4 cm³/mol. The average molecular weight is 273 g/mol. The molecular formula is C16H19NO3. The number of nitrogens with zero attached hydrogens (tertiary/aromatic N) is 1. The Bertz CT molecular complexity index is 557. The maximum atomic E-state index is 10.2. The molecule has 1 unspecified atom stereocenters. The fourth-order valence-corrected chi connectivity index (χ4v) is 2.04. The van der Waals surface area contributed by atoms with Gasteiger partial charge in [-0.05, 0) is 30.3 Å². The first-order valence-corrected chi connectivity index (χ1v) is 6.49. The van der Waals surface area contributed by atoms with Crippen LogP contribution in [-0.4, -0.2) is 33.5 Å². The molecule has 0 amide bonds. The summed E-state index contributed by atoms with van der Waals surface area (Å²) in [4.78, 5) is 1.83. The molecule has 0 radical (unpaired) electrons. The van der Waals surface area contributed by atoms with E-state index >= 15 is 0 Å². The predicted octanol–water partition coefficient (Wildman–Crippen LogP) is 2.09. The SMILES string of the molecule is CN(Cc1ccccc1)C(O)Cc1ccc(O)c(O)c1. The van der Waals surface area contributed by atoms with Gasteiger partial charge in [0.2, 0.25) is 0 Å². The van der Waals surface area contributed by atoms with Gasteiger partial charge in [0.05, 0.1) is 0 Å². The largest absolute Gasteiger partial charge is 0.504 e. The molecule has 0 aliphatic heterocycles. The normalized spacial score (nSPS) is 12.6. The molecule has 2 rings (SSSR count). The summed E-state index contributed by atoms with van der Waals surface area (Å²) in [6.07, 6.45) is -0.267. The molecule has 0 spiro atoms. The smallest absolute Gasteiger partial charge is 0.157 e. The monoisotopic (exact) mass is 273 g/mol. The Labute approximate surface area is 118 Å². The van der Waals surface area contributed by atoms with Crippen LogP contribution in [0.3, 0.4) is 0 Å². The molecule has 0 bridgehead atoms. The van der Waals surface area contributed by atoms with Crippen LogP contribution >= 0.6 is 0 Å². The summed E-state index contributed by atoms with van der Waals surface area (Å²) in [7, 11) is 1.85. The third kappa shape index (κ3) is 3.73. The lowest BCUT2D eigenvalue weighted by Crippen LogP contribution is -2.32. The molecule has 20 heavy (non-hydrogen) atoms. The topological polar surface area (TPSA) is 63.9 Å². The Morgan fingerprint density at radius 2 is 1.65 bits per heavy atom. The van der Waals surface area contributed by atoms with Gasteiger partial charge in [-0.25, -0.2) is 0 Å². The van der Waals surface area contributed by atoms with Gasteiger partial charge in [0, 0.05) is 13.0 Å². The third-order valence-electron chi connectivity index (χ3n) is 3.24. The maximum Gasteiger partial charge on any atom is 0.157 e. The molecular weight excluding hydrogens is 254 g/mol. The molecule has 4 nitrogen and oxygen atoms in total. The molecule has 2 aromatic carbocycles. The van der Waals surface area contributed by atoms with Gasteiger partial charge in [-0.1, -0.05) is 36.4 Å².